The van der Waals surface area contributed by atoms with Gasteiger partial charge in [0.1, 0.15) is 29.0 Å². The fourth-order valence-electron chi connectivity index (χ4n) is 7.72. The van der Waals surface area contributed by atoms with Gasteiger partial charge in [-0.25, -0.2) is 14.2 Å². The van der Waals surface area contributed by atoms with E-state index in [0.29, 0.717) is 87.4 Å². The van der Waals surface area contributed by atoms with E-state index >= 15 is 4.39 Å². The summed E-state index contributed by atoms with van der Waals surface area (Å²) in [5.74, 6) is -1.40. The third-order valence-electron chi connectivity index (χ3n) is 11.1. The van der Waals surface area contributed by atoms with E-state index in [1.165, 1.54) is 25.3 Å². The molecule has 0 spiro atoms. The van der Waals surface area contributed by atoms with E-state index in [1.54, 1.807) is 36.4 Å². The summed E-state index contributed by atoms with van der Waals surface area (Å²) in [6.07, 6.45) is -2.99. The second-order valence-corrected chi connectivity index (χ2v) is 15.1. The molecule has 0 bridgehead atoms. The number of halogens is 4. The van der Waals surface area contributed by atoms with Crippen LogP contribution in [0.5, 0.6) is 5.75 Å². The lowest BCUT2D eigenvalue weighted by Crippen LogP contribution is -2.51. The van der Waals surface area contributed by atoms with Gasteiger partial charge >= 0.3 is 12.3 Å². The summed E-state index contributed by atoms with van der Waals surface area (Å²) in [4.78, 5) is 62.8. The predicted octanol–water partition coefficient (Wildman–Crippen LogP) is 6.05. The van der Waals surface area contributed by atoms with Crippen molar-refractivity contribution in [3.8, 4) is 5.75 Å². The highest BCUT2D eigenvalue weighted by Gasteiger charge is 2.36. The van der Waals surface area contributed by atoms with Crippen molar-refractivity contribution in [1.82, 2.24) is 25.1 Å². The molecule has 1 atom stereocenters. The molecule has 3 aliphatic heterocycles. The molecule has 4 heterocycles. The van der Waals surface area contributed by atoms with Crippen LogP contribution >= 0.6 is 0 Å². The van der Waals surface area contributed by atoms with Gasteiger partial charge in [-0.1, -0.05) is 18.2 Å². The normalized spacial score (nSPS) is 17.5. The molecular formula is C42H46F4N10O6. The Morgan fingerprint density at radius 3 is 2.31 bits per heavy atom. The fourth-order valence-corrected chi connectivity index (χ4v) is 7.72. The number of imide groups is 1. The standard InChI is InChI=1S/C42H46F4N10O6/c1-61-35-22-27(8-10-33(35)50-40-47-23-29(42(44,45)46)38(53-40)49-31-5-3-4-6-32(31)51-41(60)62-2)55-17-19-56(20-18-55)37(58)24-54-15-13-25(14-16-54)28-9-7-26(21-30(28)43)48-34-11-12-36(57)52-39(34)59/h3-10,21-23,25,34,48H,11-20,24H2,1-2H3,(H,51,60)(H,52,57,59)(H2,47,49,50,53). The molecule has 3 aromatic carbocycles. The molecule has 3 saturated heterocycles. The topological polar surface area (TPSA) is 182 Å². The van der Waals surface area contributed by atoms with Crippen LogP contribution in [0.4, 0.5) is 62.6 Å². The van der Waals surface area contributed by atoms with Crippen LogP contribution in [-0.4, -0.2) is 110 Å². The highest BCUT2D eigenvalue weighted by atomic mass is 19.4. The quantitative estimate of drug-likeness (QED) is 0.0821. The number of piperidine rings is 2. The number of amides is 4. The van der Waals surface area contributed by atoms with Gasteiger partial charge in [-0.2, -0.15) is 18.2 Å². The number of carbonyl (C=O) groups is 4. The van der Waals surface area contributed by atoms with Crippen LogP contribution in [-0.2, 0) is 25.3 Å². The molecule has 7 rings (SSSR count). The molecule has 5 N–H and O–H groups in total. The molecule has 4 aromatic rings. The van der Waals surface area contributed by atoms with E-state index in [-0.39, 0.29) is 53.8 Å². The molecule has 0 saturated carbocycles. The van der Waals surface area contributed by atoms with Crippen molar-refractivity contribution in [2.24, 2.45) is 0 Å². The van der Waals surface area contributed by atoms with Gasteiger partial charge in [-0.05, 0) is 80.2 Å². The van der Waals surface area contributed by atoms with Gasteiger partial charge in [-0.15, -0.1) is 0 Å². The number of piperazine rings is 1. The van der Waals surface area contributed by atoms with Crippen LogP contribution in [0, 0.1) is 5.82 Å². The number of hydrogen-bond donors (Lipinski definition) is 5. The Balaban J connectivity index is 0.912. The number of alkyl halides is 3. The summed E-state index contributed by atoms with van der Waals surface area (Å²) in [7, 11) is 2.63. The molecule has 0 aliphatic carbocycles. The molecule has 3 fully saturated rings. The molecule has 4 amide bonds. The number of nitrogens with one attached hydrogen (secondary N) is 5. The van der Waals surface area contributed by atoms with E-state index in [4.69, 9.17) is 4.74 Å². The van der Waals surface area contributed by atoms with Crippen molar-refractivity contribution < 1.29 is 46.2 Å². The minimum atomic E-state index is -4.80. The summed E-state index contributed by atoms with van der Waals surface area (Å²) in [6, 6.07) is 15.7. The first-order chi connectivity index (χ1) is 29.8. The minimum absolute atomic E-state index is 0.00333. The van der Waals surface area contributed by atoms with E-state index < -0.39 is 35.6 Å². The van der Waals surface area contributed by atoms with Crippen molar-refractivity contribution in [2.45, 2.75) is 43.8 Å². The van der Waals surface area contributed by atoms with Gasteiger partial charge in [-0.3, -0.25) is 29.9 Å². The van der Waals surface area contributed by atoms with E-state index in [0.717, 1.165) is 12.8 Å². The summed E-state index contributed by atoms with van der Waals surface area (Å²) >= 11 is 0. The Labute approximate surface area is 354 Å². The lowest BCUT2D eigenvalue weighted by Gasteiger charge is -2.38. The first-order valence-corrected chi connectivity index (χ1v) is 20.0. The Kier molecular flexibility index (Phi) is 13.2. The third-order valence-corrected chi connectivity index (χ3v) is 11.1. The monoisotopic (exact) mass is 862 g/mol. The molecule has 16 nitrogen and oxygen atoms in total. The fraction of sp³-hybridized carbons (Fsp3) is 0.381. The first kappa shape index (κ1) is 43.4. The highest BCUT2D eigenvalue weighted by molar-refractivity contribution is 6.01. The number of rotatable bonds is 12. The van der Waals surface area contributed by atoms with Gasteiger partial charge in [0.25, 0.3) is 0 Å². The number of nitrogens with zero attached hydrogens (tertiary/aromatic N) is 5. The van der Waals surface area contributed by atoms with E-state index in [2.05, 4.69) is 51.1 Å². The summed E-state index contributed by atoms with van der Waals surface area (Å²) < 4.78 is 67.6. The van der Waals surface area contributed by atoms with Crippen LogP contribution in [0.2, 0.25) is 0 Å². The number of benzene rings is 3. The summed E-state index contributed by atoms with van der Waals surface area (Å²) in [6.45, 7) is 3.65. The smallest absolute Gasteiger partial charge is 0.421 e. The second kappa shape index (κ2) is 18.9. The van der Waals surface area contributed by atoms with Crippen LogP contribution in [0.1, 0.15) is 42.7 Å². The Morgan fingerprint density at radius 2 is 1.63 bits per heavy atom. The van der Waals surface area contributed by atoms with Crippen molar-refractivity contribution in [2.75, 3.05) is 86.2 Å². The third kappa shape index (κ3) is 10.4. The molecule has 20 heteroatoms. The molecule has 328 valence electrons. The zero-order valence-corrected chi connectivity index (χ0v) is 34.0. The molecule has 0 radical (unpaired) electrons. The Hall–Kier alpha value is -6.70. The summed E-state index contributed by atoms with van der Waals surface area (Å²) in [5.41, 5.74) is 1.47. The zero-order valence-electron chi connectivity index (χ0n) is 34.0. The molecule has 3 aliphatic rings. The van der Waals surface area contributed by atoms with Crippen LogP contribution in [0.3, 0.4) is 0 Å². The lowest BCUT2D eigenvalue weighted by atomic mass is 9.89. The number of ether oxygens (including phenoxy) is 2. The molecular weight excluding hydrogens is 817 g/mol. The van der Waals surface area contributed by atoms with E-state index in [1.807, 2.05) is 11.0 Å². The number of hydrogen-bond acceptors (Lipinski definition) is 13. The first-order valence-electron chi connectivity index (χ1n) is 20.0. The van der Waals surface area contributed by atoms with Crippen LogP contribution in [0.15, 0.2) is 66.9 Å². The SMILES string of the molecule is COC(=O)Nc1ccccc1Nc1nc(Nc2ccc(N3CCN(C(=O)CN4CCC(c5ccc(NC6CCC(=O)NC6=O)cc5F)CC4)CC3)cc2OC)ncc1C(F)(F)F. The minimum Gasteiger partial charge on any atom is -0.494 e. The van der Waals surface area contributed by atoms with Crippen molar-refractivity contribution in [1.29, 1.82) is 0 Å². The maximum atomic E-state index is 15.2. The summed E-state index contributed by atoms with van der Waals surface area (Å²) in [5, 5.41) is 13.4. The average molecular weight is 863 g/mol. The Bertz CT molecular complexity index is 2300. The van der Waals surface area contributed by atoms with Gasteiger partial charge < -0.3 is 35.2 Å². The largest absolute Gasteiger partial charge is 0.494 e. The van der Waals surface area contributed by atoms with Crippen molar-refractivity contribution >= 4 is 64.0 Å². The number of aromatic nitrogens is 2. The Morgan fingerprint density at radius 1 is 0.887 bits per heavy atom. The van der Waals surface area contributed by atoms with Crippen molar-refractivity contribution in [3.63, 3.8) is 0 Å². The van der Waals surface area contributed by atoms with Gasteiger partial charge in [0.2, 0.25) is 23.7 Å². The average Bonchev–Trinajstić information content (AvgIpc) is 3.25. The van der Waals surface area contributed by atoms with Crippen LogP contribution in [0.25, 0.3) is 0 Å². The predicted molar refractivity (Wildman–Crippen MR) is 222 cm³/mol. The number of anilines is 7. The number of methoxy groups -OCH3 is 2. The second-order valence-electron chi connectivity index (χ2n) is 15.1. The van der Waals surface area contributed by atoms with Gasteiger partial charge in [0.05, 0.1) is 37.8 Å². The molecule has 1 unspecified atom stereocenters. The molecule has 1 aromatic heterocycles. The van der Waals surface area contributed by atoms with Crippen LogP contribution < -0.4 is 36.2 Å². The van der Waals surface area contributed by atoms with Crippen molar-refractivity contribution in [3.05, 3.63) is 83.8 Å². The zero-order chi connectivity index (χ0) is 44.0. The molecule has 62 heavy (non-hydrogen) atoms. The number of likely N-dealkylation sites (tertiary alicyclic amines) is 1. The van der Waals surface area contributed by atoms with Gasteiger partial charge in [0, 0.05) is 56.2 Å². The maximum absolute atomic E-state index is 15.2. The number of carbonyl (C=O) groups excluding carboxylic acids is 4. The maximum Gasteiger partial charge on any atom is 0.421 e. The van der Waals surface area contributed by atoms with E-state index in [9.17, 15) is 32.3 Å². The number of para-hydroxylation sites is 2. The lowest BCUT2D eigenvalue weighted by molar-refractivity contribution is -0.137. The van der Waals surface area contributed by atoms with Gasteiger partial charge in [0.15, 0.2) is 0 Å². The highest BCUT2D eigenvalue weighted by Crippen LogP contribution is 2.38.